The quantitative estimate of drug-likeness (QED) is 0.109. The number of hydrogen-bond donors (Lipinski definition) is 2. The molecule has 2 aromatic carbocycles. The number of halogens is 2. The first-order valence-corrected chi connectivity index (χ1v) is 21.9. The Morgan fingerprint density at radius 3 is 1.49 bits per heavy atom. The van der Waals surface area contributed by atoms with Gasteiger partial charge in [-0.3, -0.25) is 9.97 Å². The van der Waals surface area contributed by atoms with Crippen LogP contribution >= 0.6 is 18.6 Å². The number of aryl methyl sites for hydroxylation is 2. The molecule has 0 bridgehead atoms. The molecule has 0 spiro atoms. The van der Waals surface area contributed by atoms with E-state index in [-0.39, 0.29) is 17.0 Å². The second-order valence-electron chi connectivity index (χ2n) is 10.7. The van der Waals surface area contributed by atoms with E-state index >= 15 is 0 Å². The van der Waals surface area contributed by atoms with E-state index in [9.17, 15) is 0 Å². The topological polar surface area (TPSA) is 56.3 Å². The van der Waals surface area contributed by atoms with Crippen molar-refractivity contribution in [1.29, 1.82) is 0 Å². The first-order chi connectivity index (χ1) is 19.9. The fraction of sp³-hybridized carbons (Fsp3) is 0.438. The number of nitrogens with one attached hydrogen (secondary N) is 2. The summed E-state index contributed by atoms with van der Waals surface area (Å²) in [4.78, 5) is 13.9. The van der Waals surface area contributed by atoms with Crippen LogP contribution in [-0.4, -0.2) is 78.8 Å². The fourth-order valence-electron chi connectivity index (χ4n) is 4.96. The van der Waals surface area contributed by atoms with Gasteiger partial charge in [-0.05, 0) is 115 Å². The van der Waals surface area contributed by atoms with E-state index < -0.39 is 0 Å². The molecule has 4 rings (SSSR count). The Balaban J connectivity index is 0.00000147. The summed E-state index contributed by atoms with van der Waals surface area (Å²) in [5, 5.41) is 9.62. The van der Waals surface area contributed by atoms with Gasteiger partial charge >= 0.3 is 41.3 Å². The van der Waals surface area contributed by atoms with Gasteiger partial charge in [0.25, 0.3) is 0 Å². The van der Waals surface area contributed by atoms with Crippen LogP contribution < -0.4 is 27.6 Å². The third-order valence-corrected chi connectivity index (χ3v) is 7.19. The molecule has 2 aromatic heterocycles. The van der Waals surface area contributed by atoms with E-state index in [2.05, 4.69) is 125 Å². The zero-order valence-electron chi connectivity index (χ0n) is 25.0. The SMILES string of the molecule is Cc1ccc2c(NCCCN(C)CCCCN(C)CCCNc3ccnc4cc(C)ccc34)ccnc2c1.[B][I-]I. The van der Waals surface area contributed by atoms with Crippen LogP contribution in [0.3, 0.4) is 0 Å². The van der Waals surface area contributed by atoms with E-state index in [0.717, 1.165) is 63.1 Å². The summed E-state index contributed by atoms with van der Waals surface area (Å²) in [7, 11) is 4.48. The van der Waals surface area contributed by atoms with Crippen molar-refractivity contribution < 1.29 is 17.0 Å². The first-order valence-electron chi connectivity index (χ1n) is 14.4. The van der Waals surface area contributed by atoms with Gasteiger partial charge in [-0.15, -0.1) is 0 Å². The van der Waals surface area contributed by atoms with Gasteiger partial charge in [-0.1, -0.05) is 24.3 Å². The maximum absolute atomic E-state index is 4.94. The number of unbranched alkanes of at least 4 members (excludes halogenated alkanes) is 1. The molecule has 41 heavy (non-hydrogen) atoms. The second kappa shape index (κ2) is 18.8. The Kier molecular flexibility index (Phi) is 15.5. The van der Waals surface area contributed by atoms with Gasteiger partial charge in [-0.2, -0.15) is 0 Å². The predicted molar refractivity (Wildman–Crippen MR) is 183 cm³/mol. The summed E-state index contributed by atoms with van der Waals surface area (Å²) < 4.78 is 0. The summed E-state index contributed by atoms with van der Waals surface area (Å²) in [6, 6.07) is 17.1. The van der Waals surface area contributed by atoms with Crippen molar-refractivity contribution in [1.82, 2.24) is 19.8 Å². The number of rotatable bonds is 15. The van der Waals surface area contributed by atoms with E-state index in [1.54, 1.807) is 0 Å². The first kappa shape index (κ1) is 33.8. The Bertz CT molecular complexity index is 1240. The Labute approximate surface area is 268 Å². The number of benzene rings is 2. The summed E-state index contributed by atoms with van der Waals surface area (Å²) in [6.45, 7) is 10.7. The van der Waals surface area contributed by atoms with Crippen molar-refractivity contribution in [3.63, 3.8) is 0 Å². The molecule has 2 N–H and O–H groups in total. The van der Waals surface area contributed by atoms with Crippen molar-refractivity contribution in [3.05, 3.63) is 72.1 Å². The molecule has 2 radical (unpaired) electrons. The maximum atomic E-state index is 4.94. The molecule has 9 heteroatoms. The molecule has 0 aliphatic carbocycles. The van der Waals surface area contributed by atoms with Gasteiger partial charge in [0.15, 0.2) is 0 Å². The van der Waals surface area contributed by atoms with E-state index in [4.69, 9.17) is 5.70 Å². The van der Waals surface area contributed by atoms with Crippen LogP contribution in [0.2, 0.25) is 0 Å². The molecule has 2 heterocycles. The van der Waals surface area contributed by atoms with E-state index in [1.807, 2.05) is 12.4 Å². The minimum absolute atomic E-state index is 0.0600. The fourth-order valence-corrected chi connectivity index (χ4v) is 4.96. The minimum atomic E-state index is 0.0600. The molecule has 0 amide bonds. The molecule has 0 unspecified atom stereocenters. The van der Waals surface area contributed by atoms with Crippen molar-refractivity contribution in [2.45, 2.75) is 39.5 Å². The number of fused-ring (bicyclic) bond motifs is 2. The summed E-state index contributed by atoms with van der Waals surface area (Å²) >= 11 is 2.24. The van der Waals surface area contributed by atoms with Crippen LogP contribution in [0, 0.1) is 13.8 Å². The van der Waals surface area contributed by atoms with Crippen molar-refractivity contribution in [2.75, 3.05) is 64.0 Å². The van der Waals surface area contributed by atoms with Crippen molar-refractivity contribution >= 4 is 57.5 Å². The molecular weight excluding hydrogens is 733 g/mol. The molecule has 220 valence electrons. The molecule has 4 aromatic rings. The van der Waals surface area contributed by atoms with E-state index in [0.29, 0.717) is 0 Å². The zero-order valence-corrected chi connectivity index (χ0v) is 29.3. The van der Waals surface area contributed by atoms with E-state index in [1.165, 1.54) is 46.1 Å². The third kappa shape index (κ3) is 11.8. The Morgan fingerprint density at radius 2 is 1.07 bits per heavy atom. The Morgan fingerprint density at radius 1 is 0.683 bits per heavy atom. The normalized spacial score (nSPS) is 11.3. The predicted octanol–water partition coefficient (Wildman–Crippen LogP) is 3.86. The van der Waals surface area contributed by atoms with Gasteiger partial charge in [-0.25, -0.2) is 0 Å². The summed E-state index contributed by atoms with van der Waals surface area (Å²) in [5.74, 6) is 0. The van der Waals surface area contributed by atoms with Gasteiger partial charge in [0.2, 0.25) is 0 Å². The molecule has 0 saturated carbocycles. The molecule has 0 fully saturated rings. The number of hydrogen-bond acceptors (Lipinski definition) is 6. The van der Waals surface area contributed by atoms with Crippen LogP contribution in [-0.2, 0) is 0 Å². The van der Waals surface area contributed by atoms with Crippen LogP contribution in [0.4, 0.5) is 11.4 Å². The summed E-state index contributed by atoms with van der Waals surface area (Å²) in [6.07, 6.45) is 8.53. The number of pyridine rings is 2. The van der Waals surface area contributed by atoms with Crippen molar-refractivity contribution in [3.8, 4) is 0 Å². The number of aromatic nitrogens is 2. The summed E-state index contributed by atoms with van der Waals surface area (Å²) in [5.41, 5.74) is 11.9. The number of nitrogens with zero attached hydrogens (tertiary/aromatic N) is 4. The molecule has 0 saturated heterocycles. The molecule has 6 nitrogen and oxygen atoms in total. The van der Waals surface area contributed by atoms with Gasteiger partial charge in [0, 0.05) is 47.6 Å². The monoisotopic (exact) mass is 777 g/mol. The van der Waals surface area contributed by atoms with Gasteiger partial charge in [0.05, 0.1) is 11.0 Å². The van der Waals surface area contributed by atoms with Crippen LogP contribution in [0.25, 0.3) is 21.8 Å². The Hall–Kier alpha value is -1.70. The third-order valence-electron chi connectivity index (χ3n) is 7.19. The molecule has 0 aliphatic rings. The average molecular weight is 777 g/mol. The van der Waals surface area contributed by atoms with Gasteiger partial charge < -0.3 is 20.4 Å². The zero-order chi connectivity index (χ0) is 29.5. The molecule has 0 atom stereocenters. The van der Waals surface area contributed by atoms with Crippen molar-refractivity contribution in [2.24, 2.45) is 0 Å². The second-order valence-corrected chi connectivity index (χ2v) is 14.3. The average Bonchev–Trinajstić information content (AvgIpc) is 2.96. The number of anilines is 2. The molecular formula is C32H44BI2N6-. The van der Waals surface area contributed by atoms with Crippen LogP contribution in [0.5, 0.6) is 0 Å². The standard InChI is InChI=1S/C32H44N6.BI2/c1-25-9-11-27-29(13-17-35-31(27)23-25)33-15-7-21-37(3)19-5-6-20-38(4)22-8-16-34-30-14-18-36-32-24-26(2)10-12-28(30)32;1-3-2/h9-14,17-18,23-24H,5-8,15-16,19-22H2,1-4H3,(H,33,35)(H,34,36);/q;-1. The van der Waals surface area contributed by atoms with Gasteiger partial charge in [0.1, 0.15) is 0 Å². The molecule has 0 aliphatic heterocycles. The van der Waals surface area contributed by atoms with Crippen LogP contribution in [0.1, 0.15) is 36.8 Å². The van der Waals surface area contributed by atoms with Crippen LogP contribution in [0.15, 0.2) is 60.9 Å².